The zero-order valence-electron chi connectivity index (χ0n) is 23.3. The Kier molecular flexibility index (Phi) is 7.45. The molecular weight excluding hydrogens is 546 g/mol. The second kappa shape index (κ2) is 11.2. The first kappa shape index (κ1) is 27.3. The zero-order valence-corrected chi connectivity index (χ0v) is 24.1. The largest absolute Gasteiger partial charge is 0.379 e. The molecule has 0 unspecified atom stereocenters. The Morgan fingerprint density at radius 1 is 1.07 bits per heavy atom. The number of ether oxygens (including phenoxy) is 1. The third-order valence-corrected chi connectivity index (χ3v) is 7.67. The number of aromatic nitrogens is 8. The van der Waals surface area contributed by atoms with Gasteiger partial charge in [-0.2, -0.15) is 5.10 Å². The Balaban J connectivity index is 1.57. The van der Waals surface area contributed by atoms with E-state index in [4.69, 9.17) is 21.4 Å². The lowest BCUT2D eigenvalue weighted by Gasteiger charge is -2.26. The van der Waals surface area contributed by atoms with Crippen molar-refractivity contribution in [3.63, 3.8) is 0 Å². The smallest absolute Gasteiger partial charge is 0.332 e. The van der Waals surface area contributed by atoms with E-state index in [0.29, 0.717) is 60.4 Å². The summed E-state index contributed by atoms with van der Waals surface area (Å²) in [5, 5.41) is 15.2. The van der Waals surface area contributed by atoms with Crippen molar-refractivity contribution < 1.29 is 4.74 Å². The first-order chi connectivity index (χ1) is 19.8. The Labute approximate surface area is 240 Å². The van der Waals surface area contributed by atoms with Crippen molar-refractivity contribution in [1.82, 2.24) is 43.6 Å². The predicted octanol–water partition coefficient (Wildman–Crippen LogP) is 2.39. The number of halogens is 1. The Morgan fingerprint density at radius 2 is 1.88 bits per heavy atom. The minimum Gasteiger partial charge on any atom is -0.379 e. The van der Waals surface area contributed by atoms with E-state index in [0.717, 1.165) is 29.6 Å². The minimum atomic E-state index is -0.384. The van der Waals surface area contributed by atoms with Crippen LogP contribution in [0.1, 0.15) is 19.4 Å². The van der Waals surface area contributed by atoms with Crippen LogP contribution in [0.5, 0.6) is 0 Å². The van der Waals surface area contributed by atoms with Crippen molar-refractivity contribution in [2.45, 2.75) is 33.5 Å². The summed E-state index contributed by atoms with van der Waals surface area (Å²) in [6.45, 7) is 8.45. The Morgan fingerprint density at radius 3 is 2.61 bits per heavy atom. The summed E-state index contributed by atoms with van der Waals surface area (Å²) >= 11 is 6.34. The Hall–Kier alpha value is -3.87. The molecule has 6 rings (SSSR count). The van der Waals surface area contributed by atoms with Crippen LogP contribution in [0, 0.1) is 5.92 Å². The third-order valence-electron chi connectivity index (χ3n) is 7.44. The lowest BCUT2D eigenvalue weighted by Crippen LogP contribution is -2.45. The van der Waals surface area contributed by atoms with Gasteiger partial charge in [-0.15, -0.1) is 10.2 Å². The van der Waals surface area contributed by atoms with Crippen LogP contribution in [0.3, 0.4) is 0 Å². The molecule has 1 fully saturated rings. The third kappa shape index (κ3) is 5.18. The average Bonchev–Trinajstić information content (AvgIpc) is 3.54. The van der Waals surface area contributed by atoms with Crippen molar-refractivity contribution in [3.8, 4) is 11.5 Å². The summed E-state index contributed by atoms with van der Waals surface area (Å²) in [7, 11) is 1.82. The molecule has 41 heavy (non-hydrogen) atoms. The van der Waals surface area contributed by atoms with Gasteiger partial charge in [0.25, 0.3) is 5.56 Å². The molecule has 12 nitrogen and oxygen atoms in total. The summed E-state index contributed by atoms with van der Waals surface area (Å²) in [5.41, 5.74) is 1.82. The number of hydrogen-bond donors (Lipinski definition) is 0. The molecule has 0 saturated carbocycles. The van der Waals surface area contributed by atoms with Crippen LogP contribution in [-0.2, 0) is 31.4 Å². The van der Waals surface area contributed by atoms with E-state index in [9.17, 15) is 9.59 Å². The number of fused-ring (bicyclic) bond motifs is 2. The fourth-order valence-electron chi connectivity index (χ4n) is 5.40. The molecule has 0 atom stereocenters. The first-order valence-corrected chi connectivity index (χ1v) is 14.1. The van der Waals surface area contributed by atoms with Gasteiger partial charge in [-0.25, -0.2) is 4.79 Å². The number of pyridine rings is 1. The van der Waals surface area contributed by atoms with Crippen LogP contribution >= 0.6 is 11.6 Å². The van der Waals surface area contributed by atoms with Gasteiger partial charge in [-0.05, 0) is 35.7 Å². The lowest BCUT2D eigenvalue weighted by molar-refractivity contribution is 0.0361. The maximum absolute atomic E-state index is 14.2. The van der Waals surface area contributed by atoms with Gasteiger partial charge in [0.15, 0.2) is 11.5 Å². The second-order valence-electron chi connectivity index (χ2n) is 10.8. The minimum absolute atomic E-state index is 0.149. The van der Waals surface area contributed by atoms with Gasteiger partial charge in [0.2, 0.25) is 0 Å². The number of nitrogens with zero attached hydrogens (tertiary/aromatic N) is 9. The highest BCUT2D eigenvalue weighted by Crippen LogP contribution is 2.28. The molecule has 214 valence electrons. The fourth-order valence-corrected chi connectivity index (χ4v) is 5.57. The molecule has 13 heteroatoms. The van der Waals surface area contributed by atoms with Gasteiger partial charge in [0, 0.05) is 56.4 Å². The van der Waals surface area contributed by atoms with E-state index < -0.39 is 0 Å². The highest BCUT2D eigenvalue weighted by Gasteiger charge is 2.26. The van der Waals surface area contributed by atoms with Gasteiger partial charge in [-0.1, -0.05) is 25.4 Å². The van der Waals surface area contributed by atoms with Gasteiger partial charge in [0.1, 0.15) is 17.4 Å². The summed E-state index contributed by atoms with van der Waals surface area (Å²) in [6, 6.07) is 7.46. The van der Waals surface area contributed by atoms with E-state index in [1.54, 1.807) is 32.4 Å². The number of aryl methyl sites for hydroxylation is 1. The predicted molar refractivity (Wildman–Crippen MR) is 156 cm³/mol. The number of rotatable bonds is 8. The van der Waals surface area contributed by atoms with Crippen LogP contribution in [0.25, 0.3) is 33.5 Å². The van der Waals surface area contributed by atoms with Crippen LogP contribution in [0.15, 0.2) is 46.4 Å². The van der Waals surface area contributed by atoms with E-state index in [1.165, 1.54) is 4.57 Å². The molecule has 4 aromatic heterocycles. The quantitative estimate of drug-likeness (QED) is 0.276. The highest BCUT2D eigenvalue weighted by molar-refractivity contribution is 6.31. The summed E-state index contributed by atoms with van der Waals surface area (Å²) < 4.78 is 11.9. The molecule has 1 aliphatic rings. The lowest BCUT2D eigenvalue weighted by atomic mass is 10.1. The first-order valence-electron chi connectivity index (χ1n) is 13.7. The van der Waals surface area contributed by atoms with Crippen molar-refractivity contribution in [3.05, 3.63) is 68.2 Å². The van der Waals surface area contributed by atoms with Crippen molar-refractivity contribution in [2.75, 3.05) is 32.8 Å². The Bertz CT molecular complexity index is 1850. The van der Waals surface area contributed by atoms with E-state index in [-0.39, 0.29) is 23.7 Å². The average molecular weight is 578 g/mol. The number of morpholine rings is 1. The molecule has 1 aliphatic heterocycles. The molecule has 0 aliphatic carbocycles. The molecule has 5 heterocycles. The van der Waals surface area contributed by atoms with E-state index in [1.807, 2.05) is 39.1 Å². The van der Waals surface area contributed by atoms with Gasteiger partial charge in [-0.3, -0.25) is 28.5 Å². The van der Waals surface area contributed by atoms with Gasteiger partial charge >= 0.3 is 5.69 Å². The maximum atomic E-state index is 14.2. The van der Waals surface area contributed by atoms with Crippen molar-refractivity contribution in [2.24, 2.45) is 13.0 Å². The molecule has 1 aromatic carbocycles. The highest BCUT2D eigenvalue weighted by atomic mass is 35.5. The van der Waals surface area contributed by atoms with Crippen LogP contribution in [0.4, 0.5) is 0 Å². The molecule has 5 aromatic rings. The monoisotopic (exact) mass is 577 g/mol. The summed E-state index contributed by atoms with van der Waals surface area (Å²) in [6.07, 6.45) is 3.32. The van der Waals surface area contributed by atoms with Gasteiger partial charge < -0.3 is 9.30 Å². The molecule has 0 amide bonds. The molecular formula is C28H32ClN9O3. The summed E-state index contributed by atoms with van der Waals surface area (Å²) in [5.74, 6) is 0.631. The molecule has 0 N–H and O–H groups in total. The zero-order chi connectivity index (χ0) is 28.7. The molecule has 1 saturated heterocycles. The standard InChI is InChI=1S/C28H32ClN9O3/c1-18(2)15-37-25-23(27(39)36(28(37)40)9-8-35-10-12-41-13-11-35)24(26-32-31-17-34(26)3)38(33-25)16-19-6-7-30-22-5-4-20(29)14-21(19)22/h4-7,14,17-18H,8-13,15-16H2,1-3H3. The normalized spacial score (nSPS) is 14.6. The number of benzene rings is 1. The van der Waals surface area contributed by atoms with Gasteiger partial charge in [0.05, 0.1) is 25.3 Å². The maximum Gasteiger partial charge on any atom is 0.332 e. The SMILES string of the molecule is CC(C)Cn1c(=O)n(CCN2CCOCC2)c(=O)c2c(-c3nncn3C)n(Cc3ccnc4ccc(Cl)cc34)nc21. The molecule has 0 spiro atoms. The fraction of sp³-hybridized carbons (Fsp3) is 0.429. The van der Waals surface area contributed by atoms with Crippen LogP contribution in [0.2, 0.25) is 5.02 Å². The topological polar surface area (TPSA) is 118 Å². The summed E-state index contributed by atoms with van der Waals surface area (Å²) in [4.78, 5) is 34.7. The van der Waals surface area contributed by atoms with Crippen molar-refractivity contribution in [1.29, 1.82) is 0 Å². The van der Waals surface area contributed by atoms with Crippen molar-refractivity contribution >= 4 is 33.5 Å². The number of hydrogen-bond acceptors (Lipinski definition) is 8. The van der Waals surface area contributed by atoms with Crippen LogP contribution in [-0.4, -0.2) is 76.4 Å². The molecule has 0 bridgehead atoms. The van der Waals surface area contributed by atoms with Crippen LogP contribution < -0.4 is 11.2 Å². The van der Waals surface area contributed by atoms with E-state index >= 15 is 0 Å². The molecule has 0 radical (unpaired) electrons. The van der Waals surface area contributed by atoms with E-state index in [2.05, 4.69) is 20.1 Å². The second-order valence-corrected chi connectivity index (χ2v) is 11.2.